The third-order valence-corrected chi connectivity index (χ3v) is 4.06. The molecule has 0 fully saturated rings. The Balaban J connectivity index is 1.44. The third-order valence-electron chi connectivity index (χ3n) is 4.06. The molecule has 0 radical (unpaired) electrons. The average Bonchev–Trinajstić information content (AvgIpc) is 3.30. The molecule has 0 aliphatic rings. The van der Waals surface area contributed by atoms with Gasteiger partial charge in [0.05, 0.1) is 12.2 Å². The highest BCUT2D eigenvalue weighted by Crippen LogP contribution is 2.24. The van der Waals surface area contributed by atoms with Crippen LogP contribution in [0.1, 0.15) is 0 Å². The van der Waals surface area contributed by atoms with Crippen molar-refractivity contribution in [1.29, 1.82) is 0 Å². The number of hydrogen-bond acceptors (Lipinski definition) is 4. The molecular weight excluding hydrogens is 316 g/mol. The van der Waals surface area contributed by atoms with E-state index in [1.807, 2.05) is 48.7 Å². The van der Waals surface area contributed by atoms with Crippen LogP contribution in [0, 0.1) is 0 Å². The van der Waals surface area contributed by atoms with E-state index in [9.17, 15) is 5.11 Å². The van der Waals surface area contributed by atoms with Gasteiger partial charge in [0.1, 0.15) is 18.5 Å². The van der Waals surface area contributed by atoms with Crippen LogP contribution in [0.5, 0.6) is 5.75 Å². The van der Waals surface area contributed by atoms with E-state index in [2.05, 4.69) is 15.1 Å². The van der Waals surface area contributed by atoms with Crippen molar-refractivity contribution in [3.05, 3.63) is 67.3 Å². The standard InChI is InChI=1S/C19H18N4O2/c24-15(13-25-19-3-1-2-17-16(19)6-10-21-17)12-23-18(7-11-22-23)14-4-8-20-9-5-14/h1-11,15,21,24H,12-13H2. The molecule has 1 unspecified atom stereocenters. The van der Waals surface area contributed by atoms with Crippen molar-refractivity contribution in [3.63, 3.8) is 0 Å². The summed E-state index contributed by atoms with van der Waals surface area (Å²) in [5.41, 5.74) is 2.96. The third kappa shape index (κ3) is 3.25. The van der Waals surface area contributed by atoms with Crippen LogP contribution in [0.2, 0.25) is 0 Å². The molecule has 0 spiro atoms. The van der Waals surface area contributed by atoms with Crippen molar-refractivity contribution in [3.8, 4) is 17.0 Å². The number of aliphatic hydroxyl groups excluding tert-OH is 1. The Morgan fingerprint density at radius 1 is 1.08 bits per heavy atom. The van der Waals surface area contributed by atoms with Crippen molar-refractivity contribution < 1.29 is 9.84 Å². The Morgan fingerprint density at radius 2 is 1.96 bits per heavy atom. The normalized spacial score (nSPS) is 12.4. The summed E-state index contributed by atoms with van der Waals surface area (Å²) in [6, 6.07) is 13.5. The summed E-state index contributed by atoms with van der Waals surface area (Å²) in [6.45, 7) is 0.549. The Bertz CT molecular complexity index is 962. The predicted octanol–water partition coefficient (Wildman–Crippen LogP) is 2.87. The molecule has 1 aromatic carbocycles. The lowest BCUT2D eigenvalue weighted by atomic mass is 10.2. The highest BCUT2D eigenvalue weighted by Gasteiger charge is 2.12. The number of nitrogens with zero attached hydrogens (tertiary/aromatic N) is 3. The molecule has 2 N–H and O–H groups in total. The number of aliphatic hydroxyl groups is 1. The van der Waals surface area contributed by atoms with Crippen LogP contribution < -0.4 is 4.74 Å². The van der Waals surface area contributed by atoms with Crippen LogP contribution >= 0.6 is 0 Å². The fraction of sp³-hybridized carbons (Fsp3) is 0.158. The monoisotopic (exact) mass is 334 g/mol. The maximum absolute atomic E-state index is 10.4. The number of pyridine rings is 1. The molecule has 126 valence electrons. The number of ether oxygens (including phenoxy) is 1. The second-order valence-electron chi connectivity index (χ2n) is 5.79. The van der Waals surface area contributed by atoms with E-state index in [4.69, 9.17) is 4.74 Å². The van der Waals surface area contributed by atoms with Gasteiger partial charge in [-0.15, -0.1) is 0 Å². The molecule has 0 saturated carbocycles. The van der Waals surface area contributed by atoms with Gasteiger partial charge in [0.15, 0.2) is 0 Å². The molecule has 0 amide bonds. The molecule has 0 saturated heterocycles. The number of benzene rings is 1. The summed E-state index contributed by atoms with van der Waals surface area (Å²) < 4.78 is 7.59. The fourth-order valence-corrected chi connectivity index (χ4v) is 2.87. The lowest BCUT2D eigenvalue weighted by molar-refractivity contribution is 0.0905. The number of nitrogens with one attached hydrogen (secondary N) is 1. The first-order valence-corrected chi connectivity index (χ1v) is 8.10. The quantitative estimate of drug-likeness (QED) is 0.568. The lowest BCUT2D eigenvalue weighted by Gasteiger charge is -2.15. The first-order valence-electron chi connectivity index (χ1n) is 8.10. The molecule has 4 rings (SSSR count). The molecular formula is C19H18N4O2. The van der Waals surface area contributed by atoms with Gasteiger partial charge in [-0.3, -0.25) is 9.67 Å². The average molecular weight is 334 g/mol. The van der Waals surface area contributed by atoms with Crippen molar-refractivity contribution in [1.82, 2.24) is 19.7 Å². The second kappa shape index (κ2) is 6.78. The largest absolute Gasteiger partial charge is 0.490 e. The van der Waals surface area contributed by atoms with Gasteiger partial charge < -0.3 is 14.8 Å². The second-order valence-corrected chi connectivity index (χ2v) is 5.79. The molecule has 6 heteroatoms. The van der Waals surface area contributed by atoms with E-state index in [0.29, 0.717) is 6.54 Å². The zero-order valence-electron chi connectivity index (χ0n) is 13.5. The summed E-state index contributed by atoms with van der Waals surface area (Å²) in [5.74, 6) is 0.757. The summed E-state index contributed by atoms with van der Waals surface area (Å²) >= 11 is 0. The van der Waals surface area contributed by atoms with Crippen molar-refractivity contribution in [2.45, 2.75) is 12.6 Å². The van der Waals surface area contributed by atoms with Gasteiger partial charge in [-0.25, -0.2) is 0 Å². The number of aromatic amines is 1. The topological polar surface area (TPSA) is 76.0 Å². The molecule has 0 bridgehead atoms. The Hall–Kier alpha value is -3.12. The molecule has 0 aliphatic carbocycles. The summed E-state index contributed by atoms with van der Waals surface area (Å²) in [4.78, 5) is 7.18. The van der Waals surface area contributed by atoms with Gasteiger partial charge in [-0.2, -0.15) is 5.10 Å². The van der Waals surface area contributed by atoms with E-state index in [1.165, 1.54) is 0 Å². The van der Waals surface area contributed by atoms with E-state index in [0.717, 1.165) is 27.9 Å². The van der Waals surface area contributed by atoms with E-state index in [1.54, 1.807) is 23.3 Å². The highest BCUT2D eigenvalue weighted by molar-refractivity contribution is 5.85. The van der Waals surface area contributed by atoms with Crippen LogP contribution in [0.4, 0.5) is 0 Å². The maximum Gasteiger partial charge on any atom is 0.128 e. The lowest BCUT2D eigenvalue weighted by Crippen LogP contribution is -2.24. The molecule has 4 aromatic rings. The molecule has 1 atom stereocenters. The van der Waals surface area contributed by atoms with Gasteiger partial charge in [-0.1, -0.05) is 6.07 Å². The van der Waals surface area contributed by atoms with Crippen LogP contribution in [-0.2, 0) is 6.54 Å². The van der Waals surface area contributed by atoms with E-state index in [-0.39, 0.29) is 6.61 Å². The Labute approximate surface area is 144 Å². The number of H-pyrrole nitrogens is 1. The number of rotatable bonds is 6. The van der Waals surface area contributed by atoms with Crippen LogP contribution in [0.25, 0.3) is 22.2 Å². The van der Waals surface area contributed by atoms with E-state index >= 15 is 0 Å². The molecule has 25 heavy (non-hydrogen) atoms. The Morgan fingerprint density at radius 3 is 2.84 bits per heavy atom. The first-order chi connectivity index (χ1) is 12.3. The molecule has 3 aromatic heterocycles. The van der Waals surface area contributed by atoms with Gasteiger partial charge in [0.25, 0.3) is 0 Å². The van der Waals surface area contributed by atoms with Crippen LogP contribution in [-0.4, -0.2) is 37.6 Å². The van der Waals surface area contributed by atoms with Crippen molar-refractivity contribution in [2.24, 2.45) is 0 Å². The van der Waals surface area contributed by atoms with Crippen LogP contribution in [0.15, 0.2) is 67.3 Å². The number of fused-ring (bicyclic) bond motifs is 1. The van der Waals surface area contributed by atoms with Gasteiger partial charge >= 0.3 is 0 Å². The number of aromatic nitrogens is 4. The summed E-state index contributed by atoms with van der Waals surface area (Å²) in [6.07, 6.45) is 6.41. The summed E-state index contributed by atoms with van der Waals surface area (Å²) in [7, 11) is 0. The molecule has 0 aliphatic heterocycles. The predicted molar refractivity (Wildman–Crippen MR) is 95.3 cm³/mol. The van der Waals surface area contributed by atoms with Gasteiger partial charge in [0, 0.05) is 41.3 Å². The van der Waals surface area contributed by atoms with Crippen molar-refractivity contribution >= 4 is 10.9 Å². The zero-order valence-corrected chi connectivity index (χ0v) is 13.5. The zero-order chi connectivity index (χ0) is 17.1. The minimum atomic E-state index is -0.672. The minimum absolute atomic E-state index is 0.194. The maximum atomic E-state index is 10.4. The smallest absolute Gasteiger partial charge is 0.128 e. The van der Waals surface area contributed by atoms with Crippen LogP contribution in [0.3, 0.4) is 0 Å². The van der Waals surface area contributed by atoms with Crippen molar-refractivity contribution in [2.75, 3.05) is 6.61 Å². The Kier molecular flexibility index (Phi) is 4.18. The fourth-order valence-electron chi connectivity index (χ4n) is 2.87. The van der Waals surface area contributed by atoms with Gasteiger partial charge in [-0.05, 0) is 36.4 Å². The van der Waals surface area contributed by atoms with Gasteiger partial charge in [0.2, 0.25) is 0 Å². The SMILES string of the molecule is OC(COc1cccc2[nH]ccc12)Cn1nccc1-c1ccncc1. The summed E-state index contributed by atoms with van der Waals surface area (Å²) in [5, 5.41) is 15.7. The van der Waals surface area contributed by atoms with E-state index < -0.39 is 6.10 Å². The first kappa shape index (κ1) is 15.4. The highest BCUT2D eigenvalue weighted by atomic mass is 16.5. The number of hydrogen-bond donors (Lipinski definition) is 2. The minimum Gasteiger partial charge on any atom is -0.490 e. The molecule has 6 nitrogen and oxygen atoms in total. The molecule has 3 heterocycles.